The molecule has 1 N–H and O–H groups in total. The first-order valence-electron chi connectivity index (χ1n) is 8.05. The van der Waals surface area contributed by atoms with Crippen LogP contribution in [0.3, 0.4) is 0 Å². The Bertz CT molecular complexity index is 340. The van der Waals surface area contributed by atoms with Crippen LogP contribution in [0.25, 0.3) is 0 Å². The third kappa shape index (κ3) is 4.98. The van der Waals surface area contributed by atoms with E-state index in [1.165, 1.54) is 51.4 Å². The van der Waals surface area contributed by atoms with E-state index in [1.807, 2.05) is 6.20 Å². The summed E-state index contributed by atoms with van der Waals surface area (Å²) < 4.78 is 5.95. The zero-order chi connectivity index (χ0) is 13.3. The quantitative estimate of drug-likeness (QED) is 0.788. The summed E-state index contributed by atoms with van der Waals surface area (Å²) in [5.74, 6) is 2.65. The minimum absolute atomic E-state index is 0.616. The average molecular weight is 264 g/mol. The molecular formula is C16H28N2O. The van der Waals surface area contributed by atoms with Gasteiger partial charge in [-0.2, -0.15) is 0 Å². The van der Waals surface area contributed by atoms with Crippen molar-refractivity contribution in [3.05, 3.63) is 17.8 Å². The highest BCUT2D eigenvalue weighted by Gasteiger charge is 2.17. The summed E-state index contributed by atoms with van der Waals surface area (Å²) in [6.45, 7) is 4.24. The number of hydrogen-bond donors (Lipinski definition) is 1. The number of oxazole rings is 1. The number of aromatic nitrogens is 1. The van der Waals surface area contributed by atoms with Gasteiger partial charge in [0.15, 0.2) is 5.89 Å². The van der Waals surface area contributed by atoms with Gasteiger partial charge in [-0.15, -0.1) is 0 Å². The maximum atomic E-state index is 5.95. The highest BCUT2D eigenvalue weighted by Crippen LogP contribution is 2.31. The molecule has 0 aliphatic heterocycles. The topological polar surface area (TPSA) is 38.1 Å². The van der Waals surface area contributed by atoms with Gasteiger partial charge in [0.25, 0.3) is 0 Å². The number of hydrogen-bond acceptors (Lipinski definition) is 3. The summed E-state index contributed by atoms with van der Waals surface area (Å²) in [5, 5.41) is 3.39. The Morgan fingerprint density at radius 2 is 1.89 bits per heavy atom. The molecule has 0 bridgehead atoms. The van der Waals surface area contributed by atoms with Crippen molar-refractivity contribution in [2.75, 3.05) is 13.1 Å². The van der Waals surface area contributed by atoms with Crippen LogP contribution in [0.2, 0.25) is 0 Å². The second kappa shape index (κ2) is 8.36. The van der Waals surface area contributed by atoms with Crippen LogP contribution in [0.4, 0.5) is 0 Å². The van der Waals surface area contributed by atoms with Crippen LogP contribution in [0.15, 0.2) is 10.6 Å². The van der Waals surface area contributed by atoms with Crippen LogP contribution in [-0.4, -0.2) is 18.1 Å². The molecule has 1 fully saturated rings. The lowest BCUT2D eigenvalue weighted by molar-refractivity contribution is 0.370. The average Bonchev–Trinajstić information content (AvgIpc) is 2.83. The lowest BCUT2D eigenvalue weighted by Crippen LogP contribution is -2.17. The van der Waals surface area contributed by atoms with Crippen LogP contribution in [0.5, 0.6) is 0 Å². The first-order valence-corrected chi connectivity index (χ1v) is 8.05. The van der Waals surface area contributed by atoms with Crippen molar-refractivity contribution < 1.29 is 4.42 Å². The highest BCUT2D eigenvalue weighted by atomic mass is 16.4. The van der Waals surface area contributed by atoms with E-state index >= 15 is 0 Å². The fourth-order valence-electron chi connectivity index (χ4n) is 2.87. The van der Waals surface area contributed by atoms with Gasteiger partial charge in [-0.3, -0.25) is 0 Å². The second-order valence-electron chi connectivity index (χ2n) is 5.70. The Balaban J connectivity index is 1.81. The smallest absolute Gasteiger partial charge is 0.195 e. The SMILES string of the molecule is CCCNCCc1ncc(C2CCCCCCC2)o1. The molecule has 1 heterocycles. The van der Waals surface area contributed by atoms with E-state index in [2.05, 4.69) is 17.2 Å². The molecule has 0 spiro atoms. The van der Waals surface area contributed by atoms with Gasteiger partial charge >= 0.3 is 0 Å². The zero-order valence-corrected chi connectivity index (χ0v) is 12.3. The summed E-state index contributed by atoms with van der Waals surface area (Å²) in [6.07, 6.45) is 13.5. The molecule has 19 heavy (non-hydrogen) atoms. The molecule has 0 saturated heterocycles. The number of nitrogens with zero attached hydrogens (tertiary/aromatic N) is 1. The van der Waals surface area contributed by atoms with Crippen molar-refractivity contribution in [2.45, 2.75) is 70.6 Å². The molecule has 1 saturated carbocycles. The Morgan fingerprint density at radius 1 is 1.16 bits per heavy atom. The lowest BCUT2D eigenvalue weighted by atomic mass is 9.90. The van der Waals surface area contributed by atoms with Crippen LogP contribution < -0.4 is 5.32 Å². The van der Waals surface area contributed by atoms with E-state index in [9.17, 15) is 0 Å². The van der Waals surface area contributed by atoms with Crippen LogP contribution in [-0.2, 0) is 6.42 Å². The van der Waals surface area contributed by atoms with Gasteiger partial charge in [-0.25, -0.2) is 4.98 Å². The minimum Gasteiger partial charge on any atom is -0.445 e. The molecule has 1 aliphatic rings. The van der Waals surface area contributed by atoms with E-state index < -0.39 is 0 Å². The Hall–Kier alpha value is -0.830. The summed E-state index contributed by atoms with van der Waals surface area (Å²) in [4.78, 5) is 4.44. The van der Waals surface area contributed by atoms with Gasteiger partial charge in [-0.05, 0) is 25.8 Å². The molecule has 0 unspecified atom stereocenters. The van der Waals surface area contributed by atoms with Gasteiger partial charge in [-0.1, -0.05) is 39.0 Å². The van der Waals surface area contributed by atoms with Crippen LogP contribution in [0.1, 0.15) is 75.9 Å². The predicted octanol–water partition coefficient (Wildman–Crippen LogP) is 4.04. The Morgan fingerprint density at radius 3 is 2.63 bits per heavy atom. The monoisotopic (exact) mass is 264 g/mol. The molecule has 1 aromatic rings. The minimum atomic E-state index is 0.616. The first kappa shape index (κ1) is 14.6. The molecule has 3 nitrogen and oxygen atoms in total. The van der Waals surface area contributed by atoms with Crippen molar-refractivity contribution in [2.24, 2.45) is 0 Å². The standard InChI is InChI=1S/C16H28N2O/c1-2-11-17-12-10-16-18-13-15(19-16)14-8-6-4-3-5-7-9-14/h13-14,17H,2-12H2,1H3. The van der Waals surface area contributed by atoms with Crippen LogP contribution >= 0.6 is 0 Å². The summed E-state index contributed by atoms with van der Waals surface area (Å²) >= 11 is 0. The molecule has 1 aliphatic carbocycles. The van der Waals surface area contributed by atoms with Gasteiger partial charge < -0.3 is 9.73 Å². The highest BCUT2D eigenvalue weighted by molar-refractivity contribution is 5.02. The van der Waals surface area contributed by atoms with Crippen molar-refractivity contribution in [1.82, 2.24) is 10.3 Å². The third-order valence-electron chi connectivity index (χ3n) is 4.02. The molecule has 108 valence electrons. The maximum absolute atomic E-state index is 5.95. The molecule has 0 aromatic carbocycles. The van der Waals surface area contributed by atoms with Crippen molar-refractivity contribution in [1.29, 1.82) is 0 Å². The maximum Gasteiger partial charge on any atom is 0.195 e. The third-order valence-corrected chi connectivity index (χ3v) is 4.02. The number of rotatable bonds is 6. The largest absolute Gasteiger partial charge is 0.445 e. The zero-order valence-electron chi connectivity index (χ0n) is 12.3. The molecule has 3 heteroatoms. The fraction of sp³-hybridized carbons (Fsp3) is 0.812. The molecule has 0 amide bonds. The van der Waals surface area contributed by atoms with Crippen molar-refractivity contribution in [3.8, 4) is 0 Å². The van der Waals surface area contributed by atoms with Gasteiger partial charge in [0.05, 0.1) is 6.20 Å². The molecular weight excluding hydrogens is 236 g/mol. The lowest BCUT2D eigenvalue weighted by Gasteiger charge is -2.16. The van der Waals surface area contributed by atoms with Gasteiger partial charge in [0.1, 0.15) is 5.76 Å². The molecule has 0 radical (unpaired) electrons. The normalized spacial score (nSPS) is 18.2. The van der Waals surface area contributed by atoms with Gasteiger partial charge in [0, 0.05) is 18.9 Å². The Labute approximate surface area is 117 Å². The second-order valence-corrected chi connectivity index (χ2v) is 5.70. The summed E-state index contributed by atoms with van der Waals surface area (Å²) in [6, 6.07) is 0. The summed E-state index contributed by atoms with van der Waals surface area (Å²) in [7, 11) is 0. The predicted molar refractivity (Wildman–Crippen MR) is 78.4 cm³/mol. The van der Waals surface area contributed by atoms with Crippen molar-refractivity contribution >= 4 is 0 Å². The van der Waals surface area contributed by atoms with Gasteiger partial charge in [0.2, 0.25) is 0 Å². The van der Waals surface area contributed by atoms with E-state index in [0.29, 0.717) is 5.92 Å². The molecule has 2 rings (SSSR count). The first-order chi connectivity index (χ1) is 9.40. The van der Waals surface area contributed by atoms with E-state index in [4.69, 9.17) is 4.42 Å². The number of nitrogens with one attached hydrogen (secondary N) is 1. The fourth-order valence-corrected chi connectivity index (χ4v) is 2.87. The van der Waals surface area contributed by atoms with Crippen molar-refractivity contribution in [3.63, 3.8) is 0 Å². The summed E-state index contributed by atoms with van der Waals surface area (Å²) in [5.41, 5.74) is 0. The van der Waals surface area contributed by atoms with Crippen LogP contribution in [0, 0.1) is 0 Å². The van der Waals surface area contributed by atoms with E-state index in [1.54, 1.807) is 0 Å². The Kier molecular flexibility index (Phi) is 6.42. The van der Waals surface area contributed by atoms with E-state index in [0.717, 1.165) is 31.2 Å². The van der Waals surface area contributed by atoms with E-state index in [-0.39, 0.29) is 0 Å². The molecule has 0 atom stereocenters. The molecule has 1 aromatic heterocycles.